The van der Waals surface area contributed by atoms with Crippen molar-refractivity contribution in [1.29, 1.82) is 0 Å². The van der Waals surface area contributed by atoms with Crippen LogP contribution in [-0.4, -0.2) is 21.2 Å². The molecule has 1 amide bonds. The van der Waals surface area contributed by atoms with Crippen molar-refractivity contribution in [1.82, 2.24) is 15.0 Å². The van der Waals surface area contributed by atoms with Crippen molar-refractivity contribution in [2.45, 2.75) is 27.3 Å². The van der Waals surface area contributed by atoms with Crippen molar-refractivity contribution >= 4 is 57.5 Å². The van der Waals surface area contributed by atoms with Crippen LogP contribution in [0.4, 0.5) is 0 Å². The monoisotopic (exact) mass is 422 g/mol. The molecule has 5 nitrogen and oxygen atoms in total. The van der Waals surface area contributed by atoms with Crippen molar-refractivity contribution in [2.75, 3.05) is 0 Å². The maximum atomic E-state index is 12.5. The van der Waals surface area contributed by atoms with Crippen LogP contribution in [-0.2, 0) is 6.54 Å². The highest BCUT2D eigenvalue weighted by molar-refractivity contribution is 6.49. The Morgan fingerprint density at radius 3 is 2.63 bits per heavy atom. The van der Waals surface area contributed by atoms with Crippen molar-refractivity contribution in [2.24, 2.45) is 5.10 Å². The number of benzene rings is 2. The first-order chi connectivity index (χ1) is 12.8. The van der Waals surface area contributed by atoms with E-state index in [2.05, 4.69) is 27.0 Å². The molecule has 0 radical (unpaired) electrons. The summed E-state index contributed by atoms with van der Waals surface area (Å²) in [6, 6.07) is 8.73. The largest absolute Gasteiger partial charge is 0.329 e. The van der Waals surface area contributed by atoms with Crippen LogP contribution in [0.2, 0.25) is 15.1 Å². The second kappa shape index (κ2) is 7.89. The van der Waals surface area contributed by atoms with Gasteiger partial charge in [-0.3, -0.25) is 4.79 Å². The Balaban J connectivity index is 1.84. The highest BCUT2D eigenvalue weighted by Gasteiger charge is 2.13. The van der Waals surface area contributed by atoms with E-state index < -0.39 is 0 Å². The number of carbonyl (C=O) groups excluding carboxylic acids is 1. The maximum absolute atomic E-state index is 12.5. The molecule has 0 aliphatic heterocycles. The zero-order chi connectivity index (χ0) is 19.7. The van der Waals surface area contributed by atoms with Gasteiger partial charge in [-0.05, 0) is 45.0 Å². The van der Waals surface area contributed by atoms with E-state index in [1.807, 2.05) is 13.0 Å². The van der Waals surface area contributed by atoms with Crippen LogP contribution in [0.15, 0.2) is 35.4 Å². The topological polar surface area (TPSA) is 59.3 Å². The van der Waals surface area contributed by atoms with E-state index in [0.717, 1.165) is 23.4 Å². The molecular formula is C19H17Cl3N4O. The van der Waals surface area contributed by atoms with E-state index in [1.54, 1.807) is 31.2 Å². The minimum absolute atomic E-state index is 0.254. The molecule has 0 aliphatic rings. The van der Waals surface area contributed by atoms with Crippen molar-refractivity contribution in [3.8, 4) is 0 Å². The van der Waals surface area contributed by atoms with Gasteiger partial charge in [0.1, 0.15) is 5.82 Å². The van der Waals surface area contributed by atoms with Gasteiger partial charge in [0.25, 0.3) is 5.91 Å². The number of hydrazone groups is 1. The minimum atomic E-state index is -0.337. The van der Waals surface area contributed by atoms with E-state index in [-0.39, 0.29) is 10.9 Å². The number of nitrogens with one attached hydrogen (secondary N) is 1. The van der Waals surface area contributed by atoms with E-state index in [4.69, 9.17) is 34.8 Å². The van der Waals surface area contributed by atoms with Crippen LogP contribution >= 0.6 is 34.8 Å². The molecule has 1 aromatic heterocycles. The fourth-order valence-corrected chi connectivity index (χ4v) is 3.53. The summed E-state index contributed by atoms with van der Waals surface area (Å²) in [4.78, 5) is 17.0. The molecule has 2 aromatic carbocycles. The second-order valence-electron chi connectivity index (χ2n) is 5.97. The summed E-state index contributed by atoms with van der Waals surface area (Å²) in [7, 11) is 0. The predicted octanol–water partition coefficient (Wildman–Crippen LogP) is 5.48. The standard InChI is InChI=1S/C19H17Cl3N4O/c1-4-26-11(3)23-15-9-12(5-8-16(15)26)19(27)25-24-10(2)13-6-7-14(20)18(22)17(13)21/h5-9H,4H2,1-3H3,(H,25,27). The zero-order valence-electron chi connectivity index (χ0n) is 15.0. The fourth-order valence-electron chi connectivity index (χ4n) is 2.86. The summed E-state index contributed by atoms with van der Waals surface area (Å²) in [5.41, 5.74) is 5.89. The van der Waals surface area contributed by atoms with E-state index in [1.165, 1.54) is 0 Å². The third-order valence-corrected chi connectivity index (χ3v) is 5.56. The molecule has 0 aliphatic carbocycles. The number of imidazole rings is 1. The van der Waals surface area contributed by atoms with Crippen molar-refractivity contribution < 1.29 is 4.79 Å². The number of nitrogens with zero attached hydrogens (tertiary/aromatic N) is 3. The van der Waals surface area contributed by atoms with Crippen LogP contribution < -0.4 is 5.43 Å². The molecule has 1 N–H and O–H groups in total. The molecule has 0 unspecified atom stereocenters. The molecule has 3 rings (SSSR count). The number of fused-ring (bicyclic) bond motifs is 1. The molecule has 140 valence electrons. The third kappa shape index (κ3) is 3.81. The highest BCUT2D eigenvalue weighted by atomic mass is 35.5. The van der Waals surface area contributed by atoms with Gasteiger partial charge in [0.15, 0.2) is 0 Å². The third-order valence-electron chi connectivity index (χ3n) is 4.27. The molecule has 8 heteroatoms. The Bertz CT molecular complexity index is 1070. The molecule has 0 saturated carbocycles. The number of halogens is 3. The lowest BCUT2D eigenvalue weighted by Gasteiger charge is -2.07. The van der Waals surface area contributed by atoms with Gasteiger partial charge in [-0.25, -0.2) is 10.4 Å². The number of aryl methyl sites for hydroxylation is 2. The summed E-state index contributed by atoms with van der Waals surface area (Å²) in [6.45, 7) is 6.54. The van der Waals surface area contributed by atoms with Gasteiger partial charge in [-0.2, -0.15) is 5.10 Å². The van der Waals surface area contributed by atoms with Crippen LogP contribution in [0.25, 0.3) is 11.0 Å². The Morgan fingerprint density at radius 2 is 1.93 bits per heavy atom. The first-order valence-electron chi connectivity index (χ1n) is 8.28. The number of amides is 1. The number of aromatic nitrogens is 2. The van der Waals surface area contributed by atoms with Crippen LogP contribution in [0.3, 0.4) is 0 Å². The molecule has 0 spiro atoms. The molecule has 3 aromatic rings. The lowest BCUT2D eigenvalue weighted by Crippen LogP contribution is -2.19. The second-order valence-corrected chi connectivity index (χ2v) is 7.13. The Labute approximate surface area is 171 Å². The quantitative estimate of drug-likeness (QED) is 0.343. The average molecular weight is 424 g/mol. The first kappa shape index (κ1) is 19.7. The summed E-state index contributed by atoms with van der Waals surface area (Å²) < 4.78 is 2.09. The van der Waals surface area contributed by atoms with Crippen LogP contribution in [0.1, 0.15) is 35.6 Å². The smallest absolute Gasteiger partial charge is 0.271 e. The first-order valence-corrected chi connectivity index (χ1v) is 9.42. The molecule has 27 heavy (non-hydrogen) atoms. The Hall–Kier alpha value is -2.08. The van der Waals surface area contributed by atoms with Crippen LogP contribution in [0, 0.1) is 6.92 Å². The van der Waals surface area contributed by atoms with Gasteiger partial charge in [0.2, 0.25) is 0 Å². The van der Waals surface area contributed by atoms with Gasteiger partial charge in [0, 0.05) is 17.7 Å². The highest BCUT2D eigenvalue weighted by Crippen LogP contribution is 2.32. The maximum Gasteiger partial charge on any atom is 0.271 e. The van der Waals surface area contributed by atoms with Gasteiger partial charge >= 0.3 is 0 Å². The Kier molecular flexibility index (Phi) is 5.75. The summed E-state index contributed by atoms with van der Waals surface area (Å²) in [5.74, 6) is 0.573. The normalized spacial score (nSPS) is 11.9. The Morgan fingerprint density at radius 1 is 1.19 bits per heavy atom. The average Bonchev–Trinajstić information content (AvgIpc) is 2.98. The molecular weight excluding hydrogens is 407 g/mol. The number of hydrogen-bond acceptors (Lipinski definition) is 3. The predicted molar refractivity (Wildman–Crippen MR) is 111 cm³/mol. The van der Waals surface area contributed by atoms with Gasteiger partial charge in [-0.15, -0.1) is 0 Å². The molecule has 1 heterocycles. The summed E-state index contributed by atoms with van der Waals surface area (Å²) in [6.07, 6.45) is 0. The number of carbonyl (C=O) groups is 1. The van der Waals surface area contributed by atoms with E-state index >= 15 is 0 Å². The van der Waals surface area contributed by atoms with Crippen LogP contribution in [0.5, 0.6) is 0 Å². The van der Waals surface area contributed by atoms with Gasteiger partial charge in [0.05, 0.1) is 31.8 Å². The van der Waals surface area contributed by atoms with E-state index in [0.29, 0.717) is 26.9 Å². The van der Waals surface area contributed by atoms with E-state index in [9.17, 15) is 4.79 Å². The van der Waals surface area contributed by atoms with Crippen molar-refractivity contribution in [3.05, 3.63) is 62.4 Å². The van der Waals surface area contributed by atoms with Gasteiger partial charge < -0.3 is 4.57 Å². The molecule has 0 fully saturated rings. The number of rotatable bonds is 4. The lowest BCUT2D eigenvalue weighted by atomic mass is 10.1. The molecule has 0 bridgehead atoms. The summed E-state index contributed by atoms with van der Waals surface area (Å²) in [5, 5.41) is 5.03. The van der Waals surface area contributed by atoms with Crippen molar-refractivity contribution in [3.63, 3.8) is 0 Å². The molecule has 0 saturated heterocycles. The lowest BCUT2D eigenvalue weighted by molar-refractivity contribution is 0.0955. The molecule has 0 atom stereocenters. The fraction of sp³-hybridized carbons (Fsp3) is 0.211. The number of hydrogen-bond donors (Lipinski definition) is 1. The zero-order valence-corrected chi connectivity index (χ0v) is 17.2. The minimum Gasteiger partial charge on any atom is -0.329 e. The summed E-state index contributed by atoms with van der Waals surface area (Å²) >= 11 is 18.2. The SMILES string of the molecule is CCn1c(C)nc2cc(C(=O)NN=C(C)c3ccc(Cl)c(Cl)c3Cl)ccc21. The van der Waals surface area contributed by atoms with Gasteiger partial charge in [-0.1, -0.05) is 40.9 Å².